The van der Waals surface area contributed by atoms with E-state index in [-0.39, 0.29) is 23.2 Å². The highest BCUT2D eigenvalue weighted by Crippen LogP contribution is 2.30. The predicted octanol–water partition coefficient (Wildman–Crippen LogP) is 1.38. The minimum Gasteiger partial charge on any atom is -0.497 e. The molecule has 0 N–H and O–H groups in total. The average molecular weight is 270 g/mol. The lowest BCUT2D eigenvalue weighted by molar-refractivity contribution is -0.122. The number of benzene rings is 1. The van der Waals surface area contributed by atoms with Crippen LogP contribution in [0, 0.1) is 5.92 Å². The highest BCUT2D eigenvalue weighted by atomic mass is 32.2. The van der Waals surface area contributed by atoms with Crippen LogP contribution in [0.3, 0.4) is 0 Å². The molecule has 0 amide bonds. The quantitative estimate of drug-likeness (QED) is 0.730. The Hall–Kier alpha value is -1.40. The summed E-state index contributed by atoms with van der Waals surface area (Å²) in [6, 6.07) is 5.82. The zero-order valence-electron chi connectivity index (χ0n) is 9.96. The van der Waals surface area contributed by atoms with Crippen molar-refractivity contribution in [3.05, 3.63) is 24.3 Å². The molecule has 2 rings (SSSR count). The number of methoxy groups -OCH3 is 1. The van der Waals surface area contributed by atoms with Crippen LogP contribution in [-0.2, 0) is 19.1 Å². The molecule has 0 aromatic heterocycles. The Bertz CT molecular complexity index is 528. The summed E-state index contributed by atoms with van der Waals surface area (Å²) >= 11 is 0. The molecule has 5 nitrogen and oxygen atoms in total. The summed E-state index contributed by atoms with van der Waals surface area (Å²) in [5.74, 6) is 0.408. The Labute approximate surface area is 106 Å². The molecule has 0 bridgehead atoms. The summed E-state index contributed by atoms with van der Waals surface area (Å²) in [5.41, 5.74) is 0. The zero-order valence-corrected chi connectivity index (χ0v) is 10.8. The molecule has 0 saturated heterocycles. The standard InChI is InChI=1S/C12H14O5S/c1-16-10-4-6-11(7-5-10)18(14,15)17-8-12(13)9-2-3-9/h4-7,9H,2-3,8H2,1H3. The SMILES string of the molecule is COc1ccc(S(=O)(=O)OCC(=O)C2CC2)cc1. The first kappa shape index (κ1) is 13.0. The van der Waals surface area contributed by atoms with Gasteiger partial charge in [-0.2, -0.15) is 8.42 Å². The number of ether oxygens (including phenoxy) is 1. The van der Waals surface area contributed by atoms with Crippen molar-refractivity contribution < 1.29 is 22.1 Å². The van der Waals surface area contributed by atoms with Gasteiger partial charge in [0.05, 0.1) is 12.0 Å². The van der Waals surface area contributed by atoms with Crippen molar-refractivity contribution >= 4 is 15.9 Å². The first-order chi connectivity index (χ1) is 8.53. The average Bonchev–Trinajstić information content (AvgIpc) is 3.20. The van der Waals surface area contributed by atoms with E-state index in [1.807, 2.05) is 0 Å². The number of ketones is 1. The number of hydrogen-bond donors (Lipinski definition) is 0. The molecule has 0 unspecified atom stereocenters. The highest BCUT2D eigenvalue weighted by molar-refractivity contribution is 7.86. The molecule has 98 valence electrons. The van der Waals surface area contributed by atoms with E-state index in [1.165, 1.54) is 31.4 Å². The third-order valence-corrected chi connectivity index (χ3v) is 4.01. The van der Waals surface area contributed by atoms with Crippen LogP contribution in [0.2, 0.25) is 0 Å². The van der Waals surface area contributed by atoms with E-state index < -0.39 is 10.1 Å². The normalized spacial score (nSPS) is 15.4. The lowest BCUT2D eigenvalue weighted by Gasteiger charge is -2.05. The van der Waals surface area contributed by atoms with Crippen LogP contribution in [0.5, 0.6) is 5.75 Å². The fourth-order valence-electron chi connectivity index (χ4n) is 1.47. The van der Waals surface area contributed by atoms with Crippen molar-refractivity contribution in [1.82, 2.24) is 0 Å². The van der Waals surface area contributed by atoms with Crippen LogP contribution in [0.1, 0.15) is 12.8 Å². The number of hydrogen-bond acceptors (Lipinski definition) is 5. The minimum absolute atomic E-state index is 0.00364. The summed E-state index contributed by atoms with van der Waals surface area (Å²) in [5, 5.41) is 0. The van der Waals surface area contributed by atoms with Gasteiger partial charge in [-0.25, -0.2) is 0 Å². The van der Waals surface area contributed by atoms with Gasteiger partial charge in [0.25, 0.3) is 10.1 Å². The first-order valence-corrected chi connectivity index (χ1v) is 7.00. The summed E-state index contributed by atoms with van der Waals surface area (Å²) in [7, 11) is -2.37. The molecule has 18 heavy (non-hydrogen) atoms. The summed E-state index contributed by atoms with van der Waals surface area (Å²) in [6.07, 6.45) is 1.68. The summed E-state index contributed by atoms with van der Waals surface area (Å²) < 4.78 is 33.2. The van der Waals surface area contributed by atoms with Crippen molar-refractivity contribution in [3.8, 4) is 5.75 Å². The fraction of sp³-hybridized carbons (Fsp3) is 0.417. The molecule has 1 aliphatic rings. The van der Waals surface area contributed by atoms with E-state index in [0.717, 1.165) is 12.8 Å². The Morgan fingerprint density at radius 1 is 1.28 bits per heavy atom. The van der Waals surface area contributed by atoms with Gasteiger partial charge >= 0.3 is 0 Å². The van der Waals surface area contributed by atoms with Gasteiger partial charge < -0.3 is 4.74 Å². The van der Waals surface area contributed by atoms with E-state index in [2.05, 4.69) is 0 Å². The van der Waals surface area contributed by atoms with E-state index in [1.54, 1.807) is 0 Å². The van der Waals surface area contributed by atoms with Crippen molar-refractivity contribution in [2.45, 2.75) is 17.7 Å². The lowest BCUT2D eigenvalue weighted by Crippen LogP contribution is -2.15. The molecule has 1 fully saturated rings. The number of carbonyl (C=O) groups excluding carboxylic acids is 1. The second-order valence-corrected chi connectivity index (χ2v) is 5.75. The second kappa shape index (κ2) is 5.07. The van der Waals surface area contributed by atoms with Crippen LogP contribution < -0.4 is 4.74 Å². The van der Waals surface area contributed by atoms with E-state index in [4.69, 9.17) is 8.92 Å². The van der Waals surface area contributed by atoms with Crippen molar-refractivity contribution in [1.29, 1.82) is 0 Å². The molecule has 1 aliphatic carbocycles. The number of rotatable bonds is 6. The zero-order chi connectivity index (χ0) is 13.2. The maximum atomic E-state index is 11.8. The fourth-order valence-corrected chi connectivity index (χ4v) is 2.35. The van der Waals surface area contributed by atoms with Gasteiger partial charge in [0.15, 0.2) is 5.78 Å². The Morgan fingerprint density at radius 2 is 1.89 bits per heavy atom. The first-order valence-electron chi connectivity index (χ1n) is 5.59. The number of Topliss-reactive ketones (excluding diaryl/α,β-unsaturated/α-hetero) is 1. The maximum absolute atomic E-state index is 11.8. The molecule has 0 aliphatic heterocycles. The van der Waals surface area contributed by atoms with Gasteiger partial charge in [0, 0.05) is 5.92 Å². The molecule has 1 aromatic rings. The molecule has 0 spiro atoms. The molecule has 0 heterocycles. The van der Waals surface area contributed by atoms with E-state index >= 15 is 0 Å². The lowest BCUT2D eigenvalue weighted by atomic mass is 10.3. The van der Waals surface area contributed by atoms with E-state index in [0.29, 0.717) is 5.75 Å². The Balaban J connectivity index is 2.02. The van der Waals surface area contributed by atoms with Crippen LogP contribution in [-0.4, -0.2) is 27.9 Å². The van der Waals surface area contributed by atoms with Gasteiger partial charge in [-0.15, -0.1) is 0 Å². The smallest absolute Gasteiger partial charge is 0.297 e. The monoisotopic (exact) mass is 270 g/mol. The summed E-state index contributed by atoms with van der Waals surface area (Å²) in [6.45, 7) is -0.376. The summed E-state index contributed by atoms with van der Waals surface area (Å²) in [4.78, 5) is 11.4. The predicted molar refractivity (Wildman–Crippen MR) is 63.9 cm³/mol. The second-order valence-electron chi connectivity index (χ2n) is 4.13. The van der Waals surface area contributed by atoms with Crippen molar-refractivity contribution in [3.63, 3.8) is 0 Å². The van der Waals surface area contributed by atoms with Crippen LogP contribution >= 0.6 is 0 Å². The Morgan fingerprint density at radius 3 is 2.39 bits per heavy atom. The highest BCUT2D eigenvalue weighted by Gasteiger charge is 2.30. The molecular formula is C12H14O5S. The third-order valence-electron chi connectivity index (χ3n) is 2.74. The maximum Gasteiger partial charge on any atom is 0.297 e. The molecular weight excluding hydrogens is 256 g/mol. The third kappa shape index (κ3) is 3.08. The molecule has 1 saturated carbocycles. The van der Waals surface area contributed by atoms with Crippen LogP contribution in [0.4, 0.5) is 0 Å². The van der Waals surface area contributed by atoms with Gasteiger partial charge in [0.1, 0.15) is 12.4 Å². The Kier molecular flexibility index (Phi) is 3.68. The number of carbonyl (C=O) groups is 1. The molecule has 0 radical (unpaired) electrons. The van der Waals surface area contributed by atoms with Gasteiger partial charge in [-0.05, 0) is 37.1 Å². The minimum atomic E-state index is -3.86. The van der Waals surface area contributed by atoms with Crippen molar-refractivity contribution in [2.75, 3.05) is 13.7 Å². The molecule has 6 heteroatoms. The van der Waals surface area contributed by atoms with Crippen LogP contribution in [0.25, 0.3) is 0 Å². The topological polar surface area (TPSA) is 69.7 Å². The largest absolute Gasteiger partial charge is 0.497 e. The van der Waals surface area contributed by atoms with Gasteiger partial charge in [-0.1, -0.05) is 0 Å². The van der Waals surface area contributed by atoms with Gasteiger partial charge in [0.2, 0.25) is 0 Å². The van der Waals surface area contributed by atoms with Gasteiger partial charge in [-0.3, -0.25) is 8.98 Å². The van der Waals surface area contributed by atoms with Crippen LogP contribution in [0.15, 0.2) is 29.2 Å². The van der Waals surface area contributed by atoms with Crippen molar-refractivity contribution in [2.24, 2.45) is 5.92 Å². The van der Waals surface area contributed by atoms with E-state index in [9.17, 15) is 13.2 Å². The molecule has 0 atom stereocenters. The molecule has 1 aromatic carbocycles.